The number of hydrogen-bond donors (Lipinski definition) is 0. The summed E-state index contributed by atoms with van der Waals surface area (Å²) in [4.78, 5) is 2.39. The minimum atomic E-state index is 0.00931. The van der Waals surface area contributed by atoms with E-state index < -0.39 is 0 Å². The van der Waals surface area contributed by atoms with E-state index >= 15 is 0 Å². The largest absolute Gasteiger partial charge is 0.311 e. The van der Waals surface area contributed by atoms with Crippen molar-refractivity contribution in [2.45, 2.75) is 65.7 Å². The predicted octanol–water partition coefficient (Wildman–Crippen LogP) is 22.4. The summed E-state index contributed by atoms with van der Waals surface area (Å²) in [6.07, 6.45) is 0. The normalized spacial score (nSPS) is 12.6. The Morgan fingerprint density at radius 1 is 0.299 bits per heavy atom. The zero-order valence-corrected chi connectivity index (χ0v) is 44.9. The maximum Gasteiger partial charge on any atom is 0.0462 e. The first-order valence-corrected chi connectivity index (χ1v) is 27.7. The highest BCUT2D eigenvalue weighted by Gasteiger charge is 2.28. The van der Waals surface area contributed by atoms with Gasteiger partial charge in [0, 0.05) is 17.1 Å². The zero-order valence-electron chi connectivity index (χ0n) is 44.9. The summed E-state index contributed by atoms with van der Waals surface area (Å²) >= 11 is 0. The molecule has 0 aromatic heterocycles. The standard InChI is InChI=1S/C76H59N/c1-44(2)46-23-30-55(31-24-46)77(56-32-25-47(26-33-56)45(3)4)57-34-27-48(28-35-57)58-37-38-61-64-43-65-66(42-63(64)60-20-14-19-59(58)72(60)61)70(50-17-12-9-13-18-50)75-67-41-53-40-54(76(5,6)7)39-52-22-21-51-29-36-62(73(67)71(51)68(52)53)74(75)69(65)49-15-10-8-11-16-49/h8-45H,1-7H3. The molecule has 0 N–H and O–H groups in total. The van der Waals surface area contributed by atoms with Gasteiger partial charge in [0.25, 0.3) is 0 Å². The molecule has 0 saturated heterocycles. The molecule has 15 rings (SSSR count). The first-order chi connectivity index (χ1) is 37.5. The van der Waals surface area contributed by atoms with Crippen LogP contribution in [0.5, 0.6) is 0 Å². The Balaban J connectivity index is 0.979. The monoisotopic (exact) mass is 985 g/mol. The molecule has 0 atom stereocenters. The number of hydrogen-bond acceptors (Lipinski definition) is 1. The Morgan fingerprint density at radius 3 is 1.36 bits per heavy atom. The average molecular weight is 986 g/mol. The van der Waals surface area contributed by atoms with Crippen LogP contribution < -0.4 is 4.90 Å². The summed E-state index contributed by atoms with van der Waals surface area (Å²) in [7, 11) is 0. The summed E-state index contributed by atoms with van der Waals surface area (Å²) < 4.78 is 0. The van der Waals surface area contributed by atoms with Crippen LogP contribution in [0.25, 0.3) is 130 Å². The highest BCUT2D eigenvalue weighted by atomic mass is 15.1. The number of nitrogens with zero attached hydrogens (tertiary/aromatic N) is 1. The Bertz CT molecular complexity index is 4720. The molecule has 0 unspecified atom stereocenters. The van der Waals surface area contributed by atoms with Crippen molar-refractivity contribution in [3.8, 4) is 33.4 Å². The molecule has 368 valence electrons. The highest BCUT2D eigenvalue weighted by Crippen LogP contribution is 2.55. The van der Waals surface area contributed by atoms with Crippen LogP contribution in [0.2, 0.25) is 0 Å². The van der Waals surface area contributed by atoms with E-state index in [-0.39, 0.29) is 5.41 Å². The Labute approximate surface area is 450 Å². The summed E-state index contributed by atoms with van der Waals surface area (Å²) in [6.45, 7) is 16.0. The molecule has 0 fully saturated rings. The van der Waals surface area contributed by atoms with E-state index in [1.807, 2.05) is 0 Å². The topological polar surface area (TPSA) is 3.24 Å². The zero-order chi connectivity index (χ0) is 52.0. The molecule has 0 aliphatic carbocycles. The second kappa shape index (κ2) is 16.9. The van der Waals surface area contributed by atoms with Crippen LogP contribution in [0, 0.1) is 0 Å². The van der Waals surface area contributed by atoms with Gasteiger partial charge in [0.15, 0.2) is 0 Å². The minimum absolute atomic E-state index is 0.00931. The Hall–Kier alpha value is -8.78. The molecular weight excluding hydrogens is 927 g/mol. The minimum Gasteiger partial charge on any atom is -0.311 e. The molecule has 0 heterocycles. The third-order valence-corrected chi connectivity index (χ3v) is 17.4. The summed E-state index contributed by atoms with van der Waals surface area (Å²) in [5.74, 6) is 0.940. The van der Waals surface area contributed by atoms with E-state index in [1.54, 1.807) is 0 Å². The molecule has 1 heteroatoms. The second-order valence-corrected chi connectivity index (χ2v) is 23.6. The van der Waals surface area contributed by atoms with Crippen molar-refractivity contribution in [2.75, 3.05) is 4.90 Å². The van der Waals surface area contributed by atoms with Crippen molar-refractivity contribution < 1.29 is 0 Å². The van der Waals surface area contributed by atoms with Gasteiger partial charge in [-0.3, -0.25) is 0 Å². The molecule has 77 heavy (non-hydrogen) atoms. The van der Waals surface area contributed by atoms with Crippen LogP contribution in [-0.2, 0) is 5.41 Å². The third kappa shape index (κ3) is 6.86. The highest BCUT2D eigenvalue weighted by molar-refractivity contribution is 6.46. The lowest BCUT2D eigenvalue weighted by Gasteiger charge is -2.26. The molecule has 0 radical (unpaired) electrons. The van der Waals surface area contributed by atoms with E-state index in [1.165, 1.54) is 147 Å². The fraction of sp³-hybridized carbons (Fsp3) is 0.132. The lowest BCUT2D eigenvalue weighted by molar-refractivity contribution is 0.591. The van der Waals surface area contributed by atoms with Gasteiger partial charge in [0.05, 0.1) is 0 Å². The number of anilines is 3. The van der Waals surface area contributed by atoms with E-state index in [9.17, 15) is 0 Å². The summed E-state index contributed by atoms with van der Waals surface area (Å²) in [5, 5.41) is 23.8. The van der Waals surface area contributed by atoms with Crippen molar-refractivity contribution >= 4 is 114 Å². The van der Waals surface area contributed by atoms with Crippen LogP contribution in [0.3, 0.4) is 0 Å². The lowest BCUT2D eigenvalue weighted by atomic mass is 9.83. The first-order valence-electron chi connectivity index (χ1n) is 27.7. The van der Waals surface area contributed by atoms with Crippen LogP contribution >= 0.6 is 0 Å². The van der Waals surface area contributed by atoms with Crippen LogP contribution in [0.15, 0.2) is 218 Å². The van der Waals surface area contributed by atoms with Gasteiger partial charge in [-0.05, 0) is 219 Å². The van der Waals surface area contributed by atoms with Crippen LogP contribution in [0.4, 0.5) is 17.1 Å². The van der Waals surface area contributed by atoms with E-state index in [4.69, 9.17) is 0 Å². The van der Waals surface area contributed by atoms with Gasteiger partial charge in [-0.2, -0.15) is 0 Å². The number of fused-ring (bicyclic) bond motifs is 7. The van der Waals surface area contributed by atoms with E-state index in [0.717, 1.165) is 17.1 Å². The molecule has 0 amide bonds. The van der Waals surface area contributed by atoms with Gasteiger partial charge < -0.3 is 4.90 Å². The fourth-order valence-electron chi connectivity index (χ4n) is 13.5. The van der Waals surface area contributed by atoms with Gasteiger partial charge in [-0.25, -0.2) is 0 Å². The lowest BCUT2D eigenvalue weighted by Crippen LogP contribution is -2.10. The van der Waals surface area contributed by atoms with Crippen molar-refractivity contribution in [1.82, 2.24) is 0 Å². The van der Waals surface area contributed by atoms with Crippen molar-refractivity contribution in [3.05, 3.63) is 235 Å². The smallest absolute Gasteiger partial charge is 0.0462 e. The van der Waals surface area contributed by atoms with E-state index in [2.05, 4.69) is 272 Å². The molecule has 0 aliphatic heterocycles. The molecule has 0 spiro atoms. The number of rotatable bonds is 8. The average Bonchev–Trinajstić information content (AvgIpc) is 4.10. The molecule has 15 aromatic rings. The predicted molar refractivity (Wildman–Crippen MR) is 335 cm³/mol. The van der Waals surface area contributed by atoms with Gasteiger partial charge >= 0.3 is 0 Å². The number of benzene rings is 13. The van der Waals surface area contributed by atoms with Gasteiger partial charge in [0.2, 0.25) is 0 Å². The van der Waals surface area contributed by atoms with Crippen molar-refractivity contribution in [1.29, 1.82) is 0 Å². The Kier molecular flexibility index (Phi) is 9.98. The Morgan fingerprint density at radius 2 is 0.792 bits per heavy atom. The summed E-state index contributed by atoms with van der Waals surface area (Å²) in [5.41, 5.74) is 15.0. The van der Waals surface area contributed by atoms with Crippen LogP contribution in [-0.4, -0.2) is 0 Å². The molecule has 15 aromatic carbocycles. The maximum atomic E-state index is 2.56. The summed E-state index contributed by atoms with van der Waals surface area (Å²) in [6, 6.07) is 83.7. The van der Waals surface area contributed by atoms with Gasteiger partial charge in [0.1, 0.15) is 0 Å². The quantitative estimate of drug-likeness (QED) is 0.137. The second-order valence-electron chi connectivity index (χ2n) is 23.6. The van der Waals surface area contributed by atoms with Crippen molar-refractivity contribution in [2.24, 2.45) is 0 Å². The van der Waals surface area contributed by atoms with Gasteiger partial charge in [-0.15, -0.1) is 0 Å². The SMILES string of the molecule is CC(C)c1ccc(N(c2ccc(-c3ccc4c5cc6c(-c7ccccc7)c7c8ccc9ccc%10cc(C(C)(C)C)cc%11cc(c7c(-c7ccccc7)c6cc5c5cccc3c45)c8c9c%10%11)cc2)c2ccc(C(C)C)cc2)cc1. The molecule has 0 aliphatic rings. The molecule has 0 saturated carbocycles. The van der Waals surface area contributed by atoms with E-state index in [0.29, 0.717) is 11.8 Å². The first kappa shape index (κ1) is 45.6. The van der Waals surface area contributed by atoms with Gasteiger partial charge in [-0.1, -0.05) is 212 Å². The third-order valence-electron chi connectivity index (χ3n) is 17.4. The molecular formula is C76H59N. The fourth-order valence-corrected chi connectivity index (χ4v) is 13.5. The van der Waals surface area contributed by atoms with Crippen LogP contribution in [0.1, 0.15) is 77.0 Å². The molecule has 0 bridgehead atoms. The van der Waals surface area contributed by atoms with Crippen molar-refractivity contribution in [3.63, 3.8) is 0 Å². The maximum absolute atomic E-state index is 2.56. The molecule has 1 nitrogen and oxygen atoms in total.